The van der Waals surface area contributed by atoms with Crippen LogP contribution < -0.4 is 5.32 Å². The Kier molecular flexibility index (Phi) is 4.82. The highest BCUT2D eigenvalue weighted by Crippen LogP contribution is 2.16. The first kappa shape index (κ1) is 14.6. The maximum Gasteiger partial charge on any atom is 0.123 e. The molecule has 0 saturated carbocycles. The number of rotatable bonds is 5. The van der Waals surface area contributed by atoms with E-state index in [-0.39, 0.29) is 17.7 Å². The number of halogens is 2. The van der Waals surface area contributed by atoms with Gasteiger partial charge in [-0.1, -0.05) is 24.3 Å². The lowest BCUT2D eigenvalue weighted by Gasteiger charge is -2.18. The van der Waals surface area contributed by atoms with Crippen molar-refractivity contribution in [3.8, 4) is 0 Å². The Morgan fingerprint density at radius 2 is 1.70 bits per heavy atom. The van der Waals surface area contributed by atoms with E-state index in [9.17, 15) is 13.9 Å². The van der Waals surface area contributed by atoms with Crippen LogP contribution in [0.5, 0.6) is 0 Å². The van der Waals surface area contributed by atoms with Crippen molar-refractivity contribution in [2.75, 3.05) is 6.54 Å². The zero-order valence-corrected chi connectivity index (χ0v) is 11.2. The van der Waals surface area contributed by atoms with E-state index in [1.807, 2.05) is 6.92 Å². The largest absolute Gasteiger partial charge is 0.387 e. The maximum absolute atomic E-state index is 13.1. The number of benzene rings is 2. The maximum atomic E-state index is 13.1. The molecular formula is C16H17F2NO. The molecule has 0 aliphatic rings. The summed E-state index contributed by atoms with van der Waals surface area (Å²) < 4.78 is 25.9. The predicted molar refractivity (Wildman–Crippen MR) is 74.2 cm³/mol. The van der Waals surface area contributed by atoms with Gasteiger partial charge in [0.05, 0.1) is 6.10 Å². The molecule has 0 amide bonds. The second-order valence-corrected chi connectivity index (χ2v) is 4.75. The minimum Gasteiger partial charge on any atom is -0.387 e. The number of nitrogens with one attached hydrogen (secondary N) is 1. The van der Waals surface area contributed by atoms with Gasteiger partial charge in [-0.2, -0.15) is 0 Å². The Balaban J connectivity index is 1.93. The van der Waals surface area contributed by atoms with E-state index >= 15 is 0 Å². The van der Waals surface area contributed by atoms with Crippen LogP contribution in [0.4, 0.5) is 8.78 Å². The smallest absolute Gasteiger partial charge is 0.123 e. The molecule has 2 atom stereocenters. The molecule has 0 aliphatic heterocycles. The Hall–Kier alpha value is -1.78. The van der Waals surface area contributed by atoms with Gasteiger partial charge in [-0.3, -0.25) is 0 Å². The van der Waals surface area contributed by atoms with Crippen LogP contribution in [-0.4, -0.2) is 11.7 Å². The fourth-order valence-electron chi connectivity index (χ4n) is 1.99. The van der Waals surface area contributed by atoms with Crippen LogP contribution in [0.3, 0.4) is 0 Å². The lowest BCUT2D eigenvalue weighted by atomic mass is 10.1. The molecule has 0 aliphatic carbocycles. The normalized spacial score (nSPS) is 14.0. The van der Waals surface area contributed by atoms with Crippen molar-refractivity contribution in [1.82, 2.24) is 5.32 Å². The summed E-state index contributed by atoms with van der Waals surface area (Å²) in [5.74, 6) is -0.645. The van der Waals surface area contributed by atoms with Crippen molar-refractivity contribution >= 4 is 0 Å². The molecule has 20 heavy (non-hydrogen) atoms. The van der Waals surface area contributed by atoms with E-state index in [1.54, 1.807) is 24.3 Å². The number of aliphatic hydroxyl groups is 1. The fraction of sp³-hybridized carbons (Fsp3) is 0.250. The van der Waals surface area contributed by atoms with Crippen LogP contribution in [0, 0.1) is 11.6 Å². The third-order valence-corrected chi connectivity index (χ3v) is 3.22. The Morgan fingerprint density at radius 3 is 2.35 bits per heavy atom. The van der Waals surface area contributed by atoms with Gasteiger partial charge < -0.3 is 10.4 Å². The third-order valence-electron chi connectivity index (χ3n) is 3.22. The van der Waals surface area contributed by atoms with Crippen molar-refractivity contribution in [3.05, 3.63) is 71.3 Å². The molecule has 0 saturated heterocycles. The fourth-order valence-corrected chi connectivity index (χ4v) is 1.99. The molecule has 0 spiro atoms. The Morgan fingerprint density at radius 1 is 1.00 bits per heavy atom. The molecule has 0 bridgehead atoms. The predicted octanol–water partition coefficient (Wildman–Crippen LogP) is 3.35. The molecule has 106 valence electrons. The second kappa shape index (κ2) is 6.59. The van der Waals surface area contributed by atoms with Crippen LogP contribution >= 0.6 is 0 Å². The van der Waals surface area contributed by atoms with Gasteiger partial charge in [0, 0.05) is 12.6 Å². The minimum absolute atomic E-state index is 0.0289. The average molecular weight is 277 g/mol. The molecule has 2 nitrogen and oxygen atoms in total. The first-order valence-corrected chi connectivity index (χ1v) is 6.48. The van der Waals surface area contributed by atoms with Gasteiger partial charge in [-0.15, -0.1) is 0 Å². The molecule has 4 heteroatoms. The average Bonchev–Trinajstić information content (AvgIpc) is 2.45. The lowest BCUT2D eigenvalue weighted by Crippen LogP contribution is -2.24. The first-order chi connectivity index (χ1) is 9.56. The van der Waals surface area contributed by atoms with Crippen molar-refractivity contribution in [2.45, 2.75) is 19.1 Å². The van der Waals surface area contributed by atoms with E-state index in [2.05, 4.69) is 5.32 Å². The molecule has 2 aromatic carbocycles. The summed E-state index contributed by atoms with van der Waals surface area (Å²) >= 11 is 0. The van der Waals surface area contributed by atoms with Crippen molar-refractivity contribution in [2.24, 2.45) is 0 Å². The molecule has 2 aromatic rings. The molecular weight excluding hydrogens is 260 g/mol. The highest BCUT2D eigenvalue weighted by Gasteiger charge is 2.11. The van der Waals surface area contributed by atoms with Crippen molar-refractivity contribution in [3.63, 3.8) is 0 Å². The van der Waals surface area contributed by atoms with E-state index in [0.717, 1.165) is 5.56 Å². The monoisotopic (exact) mass is 277 g/mol. The molecule has 0 aromatic heterocycles. The van der Waals surface area contributed by atoms with Crippen molar-refractivity contribution in [1.29, 1.82) is 0 Å². The second-order valence-electron chi connectivity index (χ2n) is 4.75. The molecule has 0 fully saturated rings. The first-order valence-electron chi connectivity index (χ1n) is 6.48. The summed E-state index contributed by atoms with van der Waals surface area (Å²) in [6.07, 6.45) is -0.784. The van der Waals surface area contributed by atoms with Crippen LogP contribution in [0.25, 0.3) is 0 Å². The third kappa shape index (κ3) is 3.85. The Labute approximate surface area is 117 Å². The van der Waals surface area contributed by atoms with Crippen LogP contribution in [0.1, 0.15) is 30.2 Å². The van der Waals surface area contributed by atoms with Crippen LogP contribution in [-0.2, 0) is 0 Å². The van der Waals surface area contributed by atoms with Crippen LogP contribution in [0.2, 0.25) is 0 Å². The number of hydrogen-bond acceptors (Lipinski definition) is 2. The van der Waals surface area contributed by atoms with Gasteiger partial charge in [-0.25, -0.2) is 8.78 Å². The molecule has 0 heterocycles. The van der Waals surface area contributed by atoms with E-state index in [1.165, 1.54) is 24.3 Å². The van der Waals surface area contributed by atoms with Crippen molar-refractivity contribution < 1.29 is 13.9 Å². The zero-order valence-electron chi connectivity index (χ0n) is 11.2. The van der Waals surface area contributed by atoms with Gasteiger partial charge in [0.25, 0.3) is 0 Å². The zero-order chi connectivity index (χ0) is 14.5. The summed E-state index contributed by atoms with van der Waals surface area (Å²) in [7, 11) is 0. The molecule has 0 radical (unpaired) electrons. The number of aliphatic hydroxyl groups excluding tert-OH is 1. The van der Waals surface area contributed by atoms with E-state index in [4.69, 9.17) is 0 Å². The summed E-state index contributed by atoms with van der Waals surface area (Å²) in [5.41, 5.74) is 1.46. The topological polar surface area (TPSA) is 32.3 Å². The lowest BCUT2D eigenvalue weighted by molar-refractivity contribution is 0.170. The number of hydrogen-bond donors (Lipinski definition) is 2. The van der Waals surface area contributed by atoms with Gasteiger partial charge in [0.1, 0.15) is 11.6 Å². The SMILES string of the molecule is C[C@@H](NCC(O)c1cccc(F)c1)c1ccc(F)cc1. The van der Waals surface area contributed by atoms with Gasteiger partial charge >= 0.3 is 0 Å². The highest BCUT2D eigenvalue weighted by atomic mass is 19.1. The minimum atomic E-state index is -0.784. The summed E-state index contributed by atoms with van der Waals surface area (Å²) in [6, 6.07) is 12.1. The highest BCUT2D eigenvalue weighted by molar-refractivity contribution is 5.21. The van der Waals surface area contributed by atoms with Gasteiger partial charge in [0.15, 0.2) is 0 Å². The van der Waals surface area contributed by atoms with Gasteiger partial charge in [-0.05, 0) is 42.3 Å². The summed E-state index contributed by atoms with van der Waals surface area (Å²) in [6.45, 7) is 2.22. The summed E-state index contributed by atoms with van der Waals surface area (Å²) in [5, 5.41) is 13.1. The molecule has 2 N–H and O–H groups in total. The molecule has 2 rings (SSSR count). The quantitative estimate of drug-likeness (QED) is 0.878. The summed E-state index contributed by atoms with van der Waals surface area (Å²) in [4.78, 5) is 0. The van der Waals surface area contributed by atoms with E-state index in [0.29, 0.717) is 12.1 Å². The molecule has 1 unspecified atom stereocenters. The van der Waals surface area contributed by atoms with Crippen LogP contribution in [0.15, 0.2) is 48.5 Å². The van der Waals surface area contributed by atoms with Gasteiger partial charge in [0.2, 0.25) is 0 Å². The van der Waals surface area contributed by atoms with E-state index < -0.39 is 6.10 Å². The standard InChI is InChI=1S/C16H17F2NO/c1-11(12-5-7-14(17)8-6-12)19-10-16(20)13-3-2-4-15(18)9-13/h2-9,11,16,19-20H,10H2,1H3/t11-,16?/m1/s1. The Bertz CT molecular complexity index is 557.